The second-order valence-electron chi connectivity index (χ2n) is 5.71. The molecular formula is C17H23FN2O2. The van der Waals surface area contributed by atoms with Gasteiger partial charge in [0.1, 0.15) is 5.82 Å². The molecule has 0 spiro atoms. The Balaban J connectivity index is 2.07. The normalized spacial score (nSPS) is 17.9. The van der Waals surface area contributed by atoms with Gasteiger partial charge in [0.25, 0.3) is 0 Å². The quantitative estimate of drug-likeness (QED) is 0.811. The number of benzene rings is 1. The van der Waals surface area contributed by atoms with E-state index in [0.717, 1.165) is 25.9 Å². The van der Waals surface area contributed by atoms with E-state index in [2.05, 4.69) is 0 Å². The van der Waals surface area contributed by atoms with Gasteiger partial charge in [0.2, 0.25) is 11.8 Å². The molecule has 5 heteroatoms. The fourth-order valence-electron chi connectivity index (χ4n) is 2.87. The van der Waals surface area contributed by atoms with Crippen LogP contribution >= 0.6 is 0 Å². The highest BCUT2D eigenvalue weighted by atomic mass is 19.1. The molecule has 1 aliphatic rings. The van der Waals surface area contributed by atoms with Gasteiger partial charge in [0, 0.05) is 31.7 Å². The van der Waals surface area contributed by atoms with Crippen LogP contribution in [-0.2, 0) is 9.59 Å². The third-order valence-electron chi connectivity index (χ3n) is 3.91. The monoisotopic (exact) mass is 306 g/mol. The van der Waals surface area contributed by atoms with Crippen LogP contribution in [-0.4, -0.2) is 36.3 Å². The van der Waals surface area contributed by atoms with Crippen molar-refractivity contribution < 1.29 is 14.0 Å². The lowest BCUT2D eigenvalue weighted by Crippen LogP contribution is -2.38. The van der Waals surface area contributed by atoms with Gasteiger partial charge in [-0.15, -0.1) is 0 Å². The van der Waals surface area contributed by atoms with E-state index in [0.29, 0.717) is 12.2 Å². The van der Waals surface area contributed by atoms with Gasteiger partial charge in [-0.2, -0.15) is 0 Å². The summed E-state index contributed by atoms with van der Waals surface area (Å²) in [5, 5.41) is 0. The Morgan fingerprint density at radius 3 is 2.36 bits per heavy atom. The number of nitrogens with zero attached hydrogens (tertiary/aromatic N) is 2. The van der Waals surface area contributed by atoms with Crippen LogP contribution in [0.25, 0.3) is 0 Å². The highest BCUT2D eigenvalue weighted by Gasteiger charge is 2.36. The molecule has 1 saturated heterocycles. The largest absolute Gasteiger partial charge is 0.342 e. The van der Waals surface area contributed by atoms with Crippen LogP contribution in [0.1, 0.15) is 33.1 Å². The van der Waals surface area contributed by atoms with Gasteiger partial charge in [-0.05, 0) is 37.1 Å². The van der Waals surface area contributed by atoms with Crippen molar-refractivity contribution in [1.29, 1.82) is 0 Å². The van der Waals surface area contributed by atoms with E-state index in [4.69, 9.17) is 0 Å². The number of carbonyl (C=O) groups excluding carboxylic acids is 2. The fraction of sp³-hybridized carbons (Fsp3) is 0.529. The number of anilines is 1. The summed E-state index contributed by atoms with van der Waals surface area (Å²) in [5.74, 6) is -0.643. The second-order valence-corrected chi connectivity index (χ2v) is 5.71. The molecule has 0 N–H and O–H groups in total. The summed E-state index contributed by atoms with van der Waals surface area (Å²) >= 11 is 0. The third kappa shape index (κ3) is 3.64. The Morgan fingerprint density at radius 1 is 1.23 bits per heavy atom. The molecule has 0 radical (unpaired) electrons. The zero-order valence-electron chi connectivity index (χ0n) is 13.2. The SMILES string of the molecule is CCCN(CCC)C(=O)[C@@H]1CC(=O)N(c2ccc(F)cc2)C1. The van der Waals surface area contributed by atoms with E-state index in [1.807, 2.05) is 18.7 Å². The van der Waals surface area contributed by atoms with Crippen molar-refractivity contribution in [2.24, 2.45) is 5.92 Å². The number of carbonyl (C=O) groups is 2. The number of amides is 2. The summed E-state index contributed by atoms with van der Waals surface area (Å²) in [7, 11) is 0. The van der Waals surface area contributed by atoms with Gasteiger partial charge in [0.05, 0.1) is 5.92 Å². The Morgan fingerprint density at radius 2 is 1.82 bits per heavy atom. The summed E-state index contributed by atoms with van der Waals surface area (Å²) in [6.07, 6.45) is 2.06. The molecule has 120 valence electrons. The Kier molecular flexibility index (Phi) is 5.52. The highest BCUT2D eigenvalue weighted by molar-refractivity contribution is 6.00. The Labute approximate surface area is 130 Å². The van der Waals surface area contributed by atoms with E-state index in [1.54, 1.807) is 17.0 Å². The molecular weight excluding hydrogens is 283 g/mol. The van der Waals surface area contributed by atoms with Gasteiger partial charge in [-0.3, -0.25) is 9.59 Å². The van der Waals surface area contributed by atoms with Gasteiger partial charge < -0.3 is 9.80 Å². The molecule has 0 saturated carbocycles. The number of rotatable bonds is 6. The highest BCUT2D eigenvalue weighted by Crippen LogP contribution is 2.26. The summed E-state index contributed by atoms with van der Waals surface area (Å²) < 4.78 is 13.0. The summed E-state index contributed by atoms with van der Waals surface area (Å²) in [4.78, 5) is 28.2. The smallest absolute Gasteiger partial charge is 0.228 e. The molecule has 2 rings (SSSR count). The third-order valence-corrected chi connectivity index (χ3v) is 3.91. The van der Waals surface area contributed by atoms with Crippen LogP contribution in [0.2, 0.25) is 0 Å². The standard InChI is InChI=1S/C17H23FN2O2/c1-3-9-19(10-4-2)17(22)13-11-16(21)20(12-13)15-7-5-14(18)6-8-15/h5-8,13H,3-4,9-12H2,1-2H3/t13-/m1/s1. The molecule has 1 aliphatic heterocycles. The van der Waals surface area contributed by atoms with E-state index in [9.17, 15) is 14.0 Å². The maximum Gasteiger partial charge on any atom is 0.228 e. The minimum atomic E-state index is -0.333. The summed E-state index contributed by atoms with van der Waals surface area (Å²) in [6, 6.07) is 5.82. The van der Waals surface area contributed by atoms with Crippen LogP contribution in [0.5, 0.6) is 0 Å². The van der Waals surface area contributed by atoms with Crippen molar-refractivity contribution in [3.8, 4) is 0 Å². The fourth-order valence-corrected chi connectivity index (χ4v) is 2.87. The van der Waals surface area contributed by atoms with Crippen molar-refractivity contribution in [2.75, 3.05) is 24.5 Å². The lowest BCUT2D eigenvalue weighted by atomic mass is 10.1. The van der Waals surface area contributed by atoms with Crippen LogP contribution in [0.4, 0.5) is 10.1 Å². The molecule has 0 aliphatic carbocycles. The first kappa shape index (κ1) is 16.5. The van der Waals surface area contributed by atoms with Gasteiger partial charge in [0.15, 0.2) is 0 Å². The minimum Gasteiger partial charge on any atom is -0.342 e. The average molecular weight is 306 g/mol. The second kappa shape index (κ2) is 7.38. The lowest BCUT2D eigenvalue weighted by molar-refractivity contribution is -0.135. The average Bonchev–Trinajstić information content (AvgIpc) is 2.89. The van der Waals surface area contributed by atoms with Crippen molar-refractivity contribution in [1.82, 2.24) is 4.90 Å². The molecule has 22 heavy (non-hydrogen) atoms. The zero-order chi connectivity index (χ0) is 16.1. The van der Waals surface area contributed by atoms with Gasteiger partial charge >= 0.3 is 0 Å². The predicted octanol–water partition coefficient (Wildman–Crippen LogP) is 2.83. The van der Waals surface area contributed by atoms with Crippen molar-refractivity contribution in [3.63, 3.8) is 0 Å². The van der Waals surface area contributed by atoms with Crippen LogP contribution < -0.4 is 4.90 Å². The molecule has 2 amide bonds. The lowest BCUT2D eigenvalue weighted by Gasteiger charge is -2.24. The molecule has 1 aromatic rings. The molecule has 0 bridgehead atoms. The number of halogens is 1. The van der Waals surface area contributed by atoms with Crippen molar-refractivity contribution >= 4 is 17.5 Å². The molecule has 4 nitrogen and oxygen atoms in total. The van der Waals surface area contributed by atoms with E-state index in [-0.39, 0.29) is 30.0 Å². The Hall–Kier alpha value is -1.91. The maximum absolute atomic E-state index is 13.0. The van der Waals surface area contributed by atoms with Crippen molar-refractivity contribution in [2.45, 2.75) is 33.1 Å². The molecule has 1 atom stereocenters. The van der Waals surface area contributed by atoms with E-state index < -0.39 is 0 Å². The van der Waals surface area contributed by atoms with Crippen LogP contribution in [0, 0.1) is 11.7 Å². The zero-order valence-corrected chi connectivity index (χ0v) is 13.2. The molecule has 0 unspecified atom stereocenters. The Bertz CT molecular complexity index is 524. The van der Waals surface area contributed by atoms with E-state index in [1.165, 1.54) is 12.1 Å². The summed E-state index contributed by atoms with van der Waals surface area (Å²) in [6.45, 7) is 5.93. The van der Waals surface area contributed by atoms with Gasteiger partial charge in [-0.1, -0.05) is 13.8 Å². The number of hydrogen-bond donors (Lipinski definition) is 0. The molecule has 1 heterocycles. The van der Waals surface area contributed by atoms with Crippen molar-refractivity contribution in [3.05, 3.63) is 30.1 Å². The number of hydrogen-bond acceptors (Lipinski definition) is 2. The minimum absolute atomic E-state index is 0.0571. The predicted molar refractivity (Wildman–Crippen MR) is 84.0 cm³/mol. The first-order valence-corrected chi connectivity index (χ1v) is 7.91. The summed E-state index contributed by atoms with van der Waals surface area (Å²) in [5.41, 5.74) is 0.652. The molecule has 1 fully saturated rings. The molecule has 0 aromatic heterocycles. The van der Waals surface area contributed by atoms with E-state index >= 15 is 0 Å². The maximum atomic E-state index is 13.0. The molecule has 1 aromatic carbocycles. The first-order valence-electron chi connectivity index (χ1n) is 7.91. The van der Waals surface area contributed by atoms with Gasteiger partial charge in [-0.25, -0.2) is 4.39 Å². The first-order chi connectivity index (χ1) is 10.6. The topological polar surface area (TPSA) is 40.6 Å². The van der Waals surface area contributed by atoms with Crippen LogP contribution in [0.3, 0.4) is 0 Å². The van der Waals surface area contributed by atoms with Crippen LogP contribution in [0.15, 0.2) is 24.3 Å².